The van der Waals surface area contributed by atoms with Crippen molar-refractivity contribution < 1.29 is 4.79 Å². The summed E-state index contributed by atoms with van der Waals surface area (Å²) in [5, 5.41) is 2.97. The van der Waals surface area contributed by atoms with Gasteiger partial charge in [0.1, 0.15) is 0 Å². The molecule has 1 saturated carbocycles. The molecule has 0 spiro atoms. The summed E-state index contributed by atoms with van der Waals surface area (Å²) >= 11 is 0. The van der Waals surface area contributed by atoms with Crippen molar-refractivity contribution in [2.45, 2.75) is 31.7 Å². The van der Waals surface area contributed by atoms with E-state index in [0.717, 1.165) is 12.3 Å². The summed E-state index contributed by atoms with van der Waals surface area (Å²) in [7, 11) is 1.78. The summed E-state index contributed by atoms with van der Waals surface area (Å²) in [6, 6.07) is 0. The molecule has 1 fully saturated rings. The number of nitrogens with one attached hydrogen (secondary N) is 1. The Kier molecular flexibility index (Phi) is 2.18. The van der Waals surface area contributed by atoms with Crippen LogP contribution in [0.25, 0.3) is 0 Å². The van der Waals surface area contributed by atoms with Gasteiger partial charge >= 0.3 is 0 Å². The molecule has 0 aromatic heterocycles. The van der Waals surface area contributed by atoms with Crippen LogP contribution in [0.1, 0.15) is 26.2 Å². The van der Waals surface area contributed by atoms with Crippen molar-refractivity contribution in [1.29, 1.82) is 0 Å². The van der Waals surface area contributed by atoms with Gasteiger partial charge in [-0.1, -0.05) is 12.8 Å². The van der Waals surface area contributed by atoms with E-state index in [4.69, 9.17) is 5.73 Å². The lowest BCUT2D eigenvalue weighted by Crippen LogP contribution is -2.51. The number of hydrogen-bond donors (Lipinski definition) is 2. The van der Waals surface area contributed by atoms with Crippen LogP contribution in [-0.4, -0.2) is 18.5 Å². The molecular formula is C8H16N2O. The molecule has 1 rings (SSSR count). The van der Waals surface area contributed by atoms with Crippen LogP contribution in [0.15, 0.2) is 0 Å². The molecule has 1 unspecified atom stereocenters. The monoisotopic (exact) mass is 156 g/mol. The molecule has 3 N–H and O–H groups in total. The Labute approximate surface area is 67.3 Å². The predicted molar refractivity (Wildman–Crippen MR) is 44.0 cm³/mol. The number of hydrogen-bond acceptors (Lipinski definition) is 2. The lowest BCUT2D eigenvalue weighted by atomic mass is 9.94. The number of carbonyl (C=O) groups excluding carboxylic acids is 1. The molecule has 3 heteroatoms. The first-order valence-corrected chi connectivity index (χ1v) is 4.07. The first-order valence-electron chi connectivity index (χ1n) is 4.07. The van der Waals surface area contributed by atoms with Gasteiger partial charge < -0.3 is 11.1 Å². The smallest absolute Gasteiger partial charge is 0.237 e. The van der Waals surface area contributed by atoms with E-state index in [1.165, 1.54) is 12.8 Å². The highest BCUT2D eigenvalue weighted by atomic mass is 16.1. The second kappa shape index (κ2) is 2.81. The van der Waals surface area contributed by atoms with Crippen LogP contribution in [-0.2, 0) is 4.79 Å². The Morgan fingerprint density at radius 3 is 2.55 bits per heavy atom. The van der Waals surface area contributed by atoms with Gasteiger partial charge in [0, 0.05) is 0 Å². The molecule has 1 aliphatic carbocycles. The van der Waals surface area contributed by atoms with Gasteiger partial charge in [-0.05, 0) is 26.3 Å². The highest BCUT2D eigenvalue weighted by Gasteiger charge is 2.36. The SMILES string of the molecule is CNC(C)(CC1CC1)C(N)=O. The van der Waals surface area contributed by atoms with Gasteiger partial charge in [-0.2, -0.15) is 0 Å². The normalized spacial score (nSPS) is 22.7. The molecule has 11 heavy (non-hydrogen) atoms. The first kappa shape index (κ1) is 8.53. The third kappa shape index (κ3) is 1.93. The van der Waals surface area contributed by atoms with E-state index in [2.05, 4.69) is 5.32 Å². The zero-order chi connectivity index (χ0) is 8.48. The standard InChI is InChI=1S/C8H16N2O/c1-8(10-2,7(9)11)5-6-3-4-6/h6,10H,3-5H2,1-2H3,(H2,9,11). The molecule has 0 aromatic carbocycles. The van der Waals surface area contributed by atoms with Gasteiger partial charge in [0.2, 0.25) is 5.91 Å². The Morgan fingerprint density at radius 1 is 1.73 bits per heavy atom. The van der Waals surface area contributed by atoms with Crippen molar-refractivity contribution in [2.75, 3.05) is 7.05 Å². The minimum Gasteiger partial charge on any atom is -0.368 e. The van der Waals surface area contributed by atoms with E-state index >= 15 is 0 Å². The lowest BCUT2D eigenvalue weighted by Gasteiger charge is -2.24. The van der Waals surface area contributed by atoms with Crippen LogP contribution < -0.4 is 11.1 Å². The molecule has 0 heterocycles. The minimum atomic E-state index is -0.485. The first-order chi connectivity index (χ1) is 5.08. The van der Waals surface area contributed by atoms with Crippen LogP contribution in [0.4, 0.5) is 0 Å². The number of carbonyl (C=O) groups is 1. The van der Waals surface area contributed by atoms with E-state index in [1.807, 2.05) is 6.92 Å². The zero-order valence-corrected chi connectivity index (χ0v) is 7.18. The number of nitrogens with two attached hydrogens (primary N) is 1. The summed E-state index contributed by atoms with van der Waals surface area (Å²) < 4.78 is 0. The van der Waals surface area contributed by atoms with E-state index < -0.39 is 5.54 Å². The van der Waals surface area contributed by atoms with Crippen molar-refractivity contribution in [2.24, 2.45) is 11.7 Å². The van der Waals surface area contributed by atoms with Gasteiger partial charge in [0.05, 0.1) is 5.54 Å². The summed E-state index contributed by atoms with van der Waals surface area (Å²) in [6.07, 6.45) is 3.40. The van der Waals surface area contributed by atoms with Crippen molar-refractivity contribution in [3.05, 3.63) is 0 Å². The van der Waals surface area contributed by atoms with Gasteiger partial charge in [-0.15, -0.1) is 0 Å². The van der Waals surface area contributed by atoms with Crippen LogP contribution in [0, 0.1) is 5.92 Å². The molecule has 0 aliphatic heterocycles. The van der Waals surface area contributed by atoms with Gasteiger partial charge in [0.15, 0.2) is 0 Å². The minimum absolute atomic E-state index is 0.244. The third-order valence-electron chi connectivity index (χ3n) is 2.49. The number of rotatable bonds is 4. The second-order valence-electron chi connectivity index (χ2n) is 3.59. The lowest BCUT2D eigenvalue weighted by molar-refractivity contribution is -0.124. The van der Waals surface area contributed by atoms with Crippen LogP contribution in [0.2, 0.25) is 0 Å². The fourth-order valence-electron chi connectivity index (χ4n) is 1.23. The van der Waals surface area contributed by atoms with Crippen LogP contribution >= 0.6 is 0 Å². The average Bonchev–Trinajstić information content (AvgIpc) is 2.71. The number of likely N-dealkylation sites (N-methyl/N-ethyl adjacent to an activating group) is 1. The summed E-state index contributed by atoms with van der Waals surface area (Å²) in [5.74, 6) is 0.479. The summed E-state index contributed by atoms with van der Waals surface area (Å²) in [4.78, 5) is 11.0. The van der Waals surface area contributed by atoms with Crippen molar-refractivity contribution in [3.63, 3.8) is 0 Å². The Bertz CT molecular complexity index is 165. The average molecular weight is 156 g/mol. The molecule has 64 valence electrons. The van der Waals surface area contributed by atoms with Gasteiger partial charge in [0.25, 0.3) is 0 Å². The summed E-state index contributed by atoms with van der Waals surface area (Å²) in [6.45, 7) is 1.87. The van der Waals surface area contributed by atoms with Gasteiger partial charge in [-0.25, -0.2) is 0 Å². The third-order valence-corrected chi connectivity index (χ3v) is 2.49. The molecular weight excluding hydrogens is 140 g/mol. The molecule has 0 radical (unpaired) electrons. The maximum absolute atomic E-state index is 11.0. The van der Waals surface area contributed by atoms with E-state index in [1.54, 1.807) is 7.05 Å². The van der Waals surface area contributed by atoms with Crippen molar-refractivity contribution in [3.8, 4) is 0 Å². The number of amides is 1. The molecule has 0 aromatic rings. The topological polar surface area (TPSA) is 55.1 Å². The molecule has 1 amide bonds. The Balaban J connectivity index is 2.49. The maximum atomic E-state index is 11.0. The van der Waals surface area contributed by atoms with Crippen molar-refractivity contribution >= 4 is 5.91 Å². The zero-order valence-electron chi connectivity index (χ0n) is 7.18. The highest BCUT2D eigenvalue weighted by molar-refractivity contribution is 5.84. The molecule has 3 nitrogen and oxygen atoms in total. The van der Waals surface area contributed by atoms with Crippen LogP contribution in [0.5, 0.6) is 0 Å². The number of primary amides is 1. The highest BCUT2D eigenvalue weighted by Crippen LogP contribution is 2.36. The summed E-state index contributed by atoms with van der Waals surface area (Å²) in [5.41, 5.74) is 4.77. The van der Waals surface area contributed by atoms with Gasteiger partial charge in [-0.3, -0.25) is 4.79 Å². The maximum Gasteiger partial charge on any atom is 0.237 e. The molecule has 1 aliphatic rings. The quantitative estimate of drug-likeness (QED) is 0.613. The fraction of sp³-hybridized carbons (Fsp3) is 0.875. The Morgan fingerprint density at radius 2 is 2.27 bits per heavy atom. The Hall–Kier alpha value is -0.570. The molecule has 0 bridgehead atoms. The van der Waals surface area contributed by atoms with E-state index in [0.29, 0.717) is 0 Å². The fourth-order valence-corrected chi connectivity index (χ4v) is 1.23. The largest absolute Gasteiger partial charge is 0.368 e. The van der Waals surface area contributed by atoms with E-state index in [-0.39, 0.29) is 5.91 Å². The molecule has 0 saturated heterocycles. The van der Waals surface area contributed by atoms with E-state index in [9.17, 15) is 4.79 Å². The van der Waals surface area contributed by atoms with Crippen LogP contribution in [0.3, 0.4) is 0 Å². The van der Waals surface area contributed by atoms with Crippen molar-refractivity contribution in [1.82, 2.24) is 5.32 Å². The second-order valence-corrected chi connectivity index (χ2v) is 3.59. The molecule has 1 atom stereocenters. The predicted octanol–water partition coefficient (Wildman–Crippen LogP) is 0.250.